The molecule has 2 aromatic rings. The van der Waals surface area contributed by atoms with E-state index in [1.807, 2.05) is 6.92 Å². The molecule has 1 heterocycles. The van der Waals surface area contributed by atoms with Crippen LogP contribution in [0.4, 0.5) is 0 Å². The van der Waals surface area contributed by atoms with Crippen LogP contribution in [0.5, 0.6) is 11.5 Å². The predicted octanol–water partition coefficient (Wildman–Crippen LogP) is 3.72. The van der Waals surface area contributed by atoms with Crippen LogP contribution in [0, 0.1) is 23.7 Å². The number of fused-ring (bicyclic) bond motifs is 1. The van der Waals surface area contributed by atoms with Crippen LogP contribution >= 0.6 is 0 Å². The molecule has 3 atom stereocenters. The van der Waals surface area contributed by atoms with Crippen molar-refractivity contribution in [2.24, 2.45) is 11.8 Å². The smallest absolute Gasteiger partial charge is 0.247 e. The predicted molar refractivity (Wildman–Crippen MR) is 157 cm³/mol. The third-order valence-corrected chi connectivity index (χ3v) is 11.8. The SMILES string of the molecule is COc1ccc(S(=O)(=O)N(C)C[C@@H]2Oc3cc(C#CC4CCCCC4)ccc3S(=O)(=O)N([C@@H](C)CO)C[C@H]2C)cc1. The van der Waals surface area contributed by atoms with Gasteiger partial charge in [0.1, 0.15) is 22.5 Å². The van der Waals surface area contributed by atoms with Crippen molar-refractivity contribution >= 4 is 20.0 Å². The molecule has 1 fully saturated rings. The van der Waals surface area contributed by atoms with Gasteiger partial charge in [0, 0.05) is 37.0 Å². The molecule has 0 aromatic heterocycles. The van der Waals surface area contributed by atoms with E-state index in [2.05, 4.69) is 11.8 Å². The Labute approximate surface area is 244 Å². The van der Waals surface area contributed by atoms with E-state index in [9.17, 15) is 21.9 Å². The minimum atomic E-state index is -4.01. The number of hydrogen-bond acceptors (Lipinski definition) is 7. The Morgan fingerprint density at radius 2 is 1.83 bits per heavy atom. The number of hydrogen-bond donors (Lipinski definition) is 1. The lowest BCUT2D eigenvalue weighted by Crippen LogP contribution is -2.50. The first-order valence-electron chi connectivity index (χ1n) is 14.0. The second-order valence-electron chi connectivity index (χ2n) is 11.0. The first kappa shape index (κ1) is 31.3. The Kier molecular flexibility index (Phi) is 10.0. The highest BCUT2D eigenvalue weighted by Gasteiger charge is 2.39. The maximum atomic E-state index is 13.7. The van der Waals surface area contributed by atoms with Crippen molar-refractivity contribution in [1.82, 2.24) is 8.61 Å². The molecule has 1 aliphatic carbocycles. The van der Waals surface area contributed by atoms with Gasteiger partial charge in [-0.2, -0.15) is 8.61 Å². The highest BCUT2D eigenvalue weighted by Crippen LogP contribution is 2.35. The van der Waals surface area contributed by atoms with Crippen LogP contribution in [0.2, 0.25) is 0 Å². The summed E-state index contributed by atoms with van der Waals surface area (Å²) in [6.45, 7) is 3.14. The summed E-state index contributed by atoms with van der Waals surface area (Å²) in [6.07, 6.45) is 4.99. The van der Waals surface area contributed by atoms with Crippen molar-refractivity contribution in [3.63, 3.8) is 0 Å². The molecule has 2 aromatic carbocycles. The van der Waals surface area contributed by atoms with Crippen LogP contribution < -0.4 is 9.47 Å². The van der Waals surface area contributed by atoms with Gasteiger partial charge in [-0.3, -0.25) is 0 Å². The van der Waals surface area contributed by atoms with Crippen LogP contribution in [0.25, 0.3) is 0 Å². The summed E-state index contributed by atoms with van der Waals surface area (Å²) >= 11 is 0. The van der Waals surface area contributed by atoms with E-state index in [-0.39, 0.29) is 35.2 Å². The highest BCUT2D eigenvalue weighted by atomic mass is 32.2. The molecule has 1 saturated carbocycles. The Bertz CT molecular complexity index is 1470. The molecular weight excluding hydrogens is 564 g/mol. The molecule has 41 heavy (non-hydrogen) atoms. The Morgan fingerprint density at radius 3 is 2.46 bits per heavy atom. The average molecular weight is 605 g/mol. The van der Waals surface area contributed by atoms with E-state index in [1.165, 1.54) is 47.4 Å². The third kappa shape index (κ3) is 7.07. The molecule has 0 amide bonds. The Morgan fingerprint density at radius 1 is 1.15 bits per heavy atom. The van der Waals surface area contributed by atoms with Gasteiger partial charge >= 0.3 is 0 Å². The fourth-order valence-electron chi connectivity index (χ4n) is 5.23. The summed E-state index contributed by atoms with van der Waals surface area (Å²) in [7, 11) is -4.89. The summed E-state index contributed by atoms with van der Waals surface area (Å²) in [5.41, 5.74) is 0.637. The van der Waals surface area contributed by atoms with E-state index in [1.54, 1.807) is 31.2 Å². The maximum absolute atomic E-state index is 13.7. The number of rotatable bonds is 7. The van der Waals surface area contributed by atoms with Crippen molar-refractivity contribution in [3.8, 4) is 23.3 Å². The molecule has 1 aliphatic heterocycles. The number of aliphatic hydroxyl groups is 1. The van der Waals surface area contributed by atoms with Gasteiger partial charge in [-0.05, 0) is 62.2 Å². The monoisotopic (exact) mass is 604 g/mol. The molecule has 11 heteroatoms. The van der Waals surface area contributed by atoms with Crippen molar-refractivity contribution in [2.75, 3.05) is 33.9 Å². The van der Waals surface area contributed by atoms with E-state index in [0.717, 1.165) is 25.7 Å². The molecule has 2 aliphatic rings. The number of ether oxygens (including phenoxy) is 2. The lowest BCUT2D eigenvalue weighted by atomic mass is 9.90. The summed E-state index contributed by atoms with van der Waals surface area (Å²) in [6, 6.07) is 10.3. The van der Waals surface area contributed by atoms with Gasteiger partial charge in [-0.25, -0.2) is 16.8 Å². The largest absolute Gasteiger partial charge is 0.497 e. The van der Waals surface area contributed by atoms with Gasteiger partial charge in [-0.1, -0.05) is 38.0 Å². The van der Waals surface area contributed by atoms with Gasteiger partial charge in [-0.15, -0.1) is 0 Å². The molecule has 224 valence electrons. The zero-order valence-corrected chi connectivity index (χ0v) is 25.7. The zero-order valence-electron chi connectivity index (χ0n) is 24.1. The quantitative estimate of drug-likeness (QED) is 0.480. The van der Waals surface area contributed by atoms with Crippen molar-refractivity contribution < 1.29 is 31.4 Å². The van der Waals surface area contributed by atoms with Gasteiger partial charge in [0.2, 0.25) is 20.0 Å². The molecule has 0 saturated heterocycles. The van der Waals surface area contributed by atoms with E-state index < -0.39 is 38.1 Å². The Hall–Kier alpha value is -2.62. The molecule has 4 rings (SSSR count). The van der Waals surface area contributed by atoms with Crippen LogP contribution in [0.1, 0.15) is 51.5 Å². The number of sulfonamides is 2. The number of nitrogens with zero attached hydrogens (tertiary/aromatic N) is 2. The van der Waals surface area contributed by atoms with Crippen LogP contribution in [0.3, 0.4) is 0 Å². The zero-order chi connectivity index (χ0) is 29.8. The van der Waals surface area contributed by atoms with E-state index in [4.69, 9.17) is 9.47 Å². The topological polar surface area (TPSA) is 113 Å². The summed E-state index contributed by atoms with van der Waals surface area (Å²) in [4.78, 5) is 0.0802. The molecular formula is C30H40N2O7S2. The van der Waals surface area contributed by atoms with E-state index >= 15 is 0 Å². The van der Waals surface area contributed by atoms with Crippen molar-refractivity contribution in [1.29, 1.82) is 0 Å². The number of aliphatic hydroxyl groups excluding tert-OH is 1. The second-order valence-corrected chi connectivity index (χ2v) is 14.9. The third-order valence-electron chi connectivity index (χ3n) is 7.90. The molecule has 0 radical (unpaired) electrons. The number of methoxy groups -OCH3 is 1. The van der Waals surface area contributed by atoms with Crippen LogP contribution in [0.15, 0.2) is 52.3 Å². The second kappa shape index (κ2) is 13.1. The number of benzene rings is 2. The first-order valence-corrected chi connectivity index (χ1v) is 16.9. The Balaban J connectivity index is 1.69. The first-order chi connectivity index (χ1) is 19.5. The minimum absolute atomic E-state index is 0.0195. The molecule has 1 N–H and O–H groups in total. The molecule has 9 nitrogen and oxygen atoms in total. The standard InChI is InChI=1S/C30H40N2O7S2/c1-22-19-32(23(2)21-33)41(36,37)30-17-12-25(11-10-24-8-6-5-7-9-24)18-28(30)39-29(22)20-31(3)40(34,35)27-15-13-26(38-4)14-16-27/h12-18,22-24,29,33H,5-9,19-21H2,1-4H3/t22-,23+,29+/m1/s1. The number of likely N-dealkylation sites (N-methyl/N-ethyl adjacent to an activating group) is 1. The van der Waals surface area contributed by atoms with Crippen LogP contribution in [-0.2, 0) is 20.0 Å². The van der Waals surface area contributed by atoms with Gasteiger partial charge in [0.15, 0.2) is 0 Å². The van der Waals surface area contributed by atoms with Crippen molar-refractivity contribution in [2.45, 2.75) is 67.9 Å². The average Bonchev–Trinajstić information content (AvgIpc) is 2.97. The molecule has 0 unspecified atom stereocenters. The lowest BCUT2D eigenvalue weighted by molar-refractivity contribution is 0.0904. The fraction of sp³-hybridized carbons (Fsp3) is 0.533. The molecule has 0 spiro atoms. The van der Waals surface area contributed by atoms with E-state index in [0.29, 0.717) is 17.2 Å². The normalized spacial score (nSPS) is 22.4. The fourth-order valence-corrected chi connectivity index (χ4v) is 8.24. The van der Waals surface area contributed by atoms with Crippen LogP contribution in [-0.4, -0.2) is 76.6 Å². The molecule has 0 bridgehead atoms. The van der Waals surface area contributed by atoms with Gasteiger partial charge in [0.05, 0.1) is 25.2 Å². The highest BCUT2D eigenvalue weighted by molar-refractivity contribution is 7.89. The van der Waals surface area contributed by atoms with Gasteiger partial charge < -0.3 is 14.6 Å². The summed E-state index contributed by atoms with van der Waals surface area (Å²) in [5, 5.41) is 9.88. The summed E-state index contributed by atoms with van der Waals surface area (Å²) < 4.78 is 68.3. The minimum Gasteiger partial charge on any atom is -0.497 e. The lowest BCUT2D eigenvalue weighted by Gasteiger charge is -2.37. The van der Waals surface area contributed by atoms with Crippen molar-refractivity contribution in [3.05, 3.63) is 48.0 Å². The maximum Gasteiger partial charge on any atom is 0.247 e. The van der Waals surface area contributed by atoms with Gasteiger partial charge in [0.25, 0.3) is 0 Å². The summed E-state index contributed by atoms with van der Waals surface area (Å²) in [5.74, 6) is 7.12.